The van der Waals surface area contributed by atoms with Crippen LogP contribution < -0.4 is 0 Å². The van der Waals surface area contributed by atoms with Crippen molar-refractivity contribution in [3.8, 4) is 0 Å². The van der Waals surface area contributed by atoms with Crippen LogP contribution in [0.5, 0.6) is 0 Å². The SMILES string of the molecule is CC(C)n1cc(C(F)(F)CCO)cn1. The molecule has 0 amide bonds. The van der Waals surface area contributed by atoms with Gasteiger partial charge >= 0.3 is 0 Å². The average molecular weight is 204 g/mol. The van der Waals surface area contributed by atoms with Gasteiger partial charge in [-0.05, 0) is 13.8 Å². The number of aliphatic hydroxyl groups excluding tert-OH is 1. The summed E-state index contributed by atoms with van der Waals surface area (Å²) < 4.78 is 27.9. The Morgan fingerprint density at radius 1 is 1.57 bits per heavy atom. The third kappa shape index (κ3) is 2.29. The summed E-state index contributed by atoms with van der Waals surface area (Å²) in [5, 5.41) is 12.3. The highest BCUT2D eigenvalue weighted by Gasteiger charge is 2.32. The zero-order valence-electron chi connectivity index (χ0n) is 8.24. The molecule has 1 N–H and O–H groups in total. The molecule has 0 aliphatic rings. The van der Waals surface area contributed by atoms with E-state index in [9.17, 15) is 8.78 Å². The summed E-state index contributed by atoms with van der Waals surface area (Å²) in [6.45, 7) is 3.20. The van der Waals surface area contributed by atoms with E-state index in [0.717, 1.165) is 6.20 Å². The van der Waals surface area contributed by atoms with Crippen LogP contribution in [0.2, 0.25) is 0 Å². The van der Waals surface area contributed by atoms with Crippen LogP contribution in [0.25, 0.3) is 0 Å². The van der Waals surface area contributed by atoms with E-state index in [4.69, 9.17) is 5.11 Å². The molecule has 1 rings (SSSR count). The first kappa shape index (κ1) is 11.1. The maximum atomic E-state index is 13.2. The van der Waals surface area contributed by atoms with E-state index in [0.29, 0.717) is 0 Å². The quantitative estimate of drug-likeness (QED) is 0.813. The van der Waals surface area contributed by atoms with Crippen molar-refractivity contribution in [1.82, 2.24) is 9.78 Å². The van der Waals surface area contributed by atoms with Gasteiger partial charge in [-0.2, -0.15) is 5.10 Å². The van der Waals surface area contributed by atoms with Crippen molar-refractivity contribution < 1.29 is 13.9 Å². The van der Waals surface area contributed by atoms with Crippen LogP contribution in [-0.4, -0.2) is 21.5 Å². The standard InChI is InChI=1S/C9H14F2N2O/c1-7(2)13-6-8(5-12-13)9(10,11)3-4-14/h5-7,14H,3-4H2,1-2H3. The topological polar surface area (TPSA) is 38.0 Å². The minimum absolute atomic E-state index is 0.0636. The van der Waals surface area contributed by atoms with Gasteiger partial charge in [-0.25, -0.2) is 8.78 Å². The molecule has 0 bridgehead atoms. The lowest BCUT2D eigenvalue weighted by atomic mass is 10.1. The molecular weight excluding hydrogens is 190 g/mol. The summed E-state index contributed by atoms with van der Waals surface area (Å²) in [6.07, 6.45) is 1.91. The van der Waals surface area contributed by atoms with Crippen molar-refractivity contribution in [2.24, 2.45) is 0 Å². The molecule has 0 radical (unpaired) electrons. The monoisotopic (exact) mass is 204 g/mol. The molecule has 1 heterocycles. The zero-order chi connectivity index (χ0) is 10.8. The van der Waals surface area contributed by atoms with Gasteiger partial charge in [-0.3, -0.25) is 4.68 Å². The lowest BCUT2D eigenvalue weighted by molar-refractivity contribution is -0.0270. The van der Waals surface area contributed by atoms with Crippen LogP contribution in [0.4, 0.5) is 8.78 Å². The second-order valence-electron chi connectivity index (χ2n) is 3.48. The van der Waals surface area contributed by atoms with Gasteiger partial charge in [0.15, 0.2) is 0 Å². The minimum atomic E-state index is -2.98. The van der Waals surface area contributed by atoms with Crippen LogP contribution in [0.15, 0.2) is 12.4 Å². The Hall–Kier alpha value is -0.970. The van der Waals surface area contributed by atoms with E-state index in [2.05, 4.69) is 5.10 Å². The third-order valence-corrected chi connectivity index (χ3v) is 1.98. The van der Waals surface area contributed by atoms with Crippen molar-refractivity contribution in [3.05, 3.63) is 18.0 Å². The van der Waals surface area contributed by atoms with Gasteiger partial charge in [0.05, 0.1) is 11.8 Å². The first-order valence-corrected chi connectivity index (χ1v) is 4.50. The molecular formula is C9H14F2N2O. The van der Waals surface area contributed by atoms with Gasteiger partial charge < -0.3 is 5.11 Å². The fourth-order valence-electron chi connectivity index (χ4n) is 1.09. The lowest BCUT2D eigenvalue weighted by Gasteiger charge is -2.12. The number of halogens is 2. The molecule has 0 aromatic carbocycles. The van der Waals surface area contributed by atoms with Crippen LogP contribution in [-0.2, 0) is 5.92 Å². The van der Waals surface area contributed by atoms with Crippen molar-refractivity contribution >= 4 is 0 Å². The summed E-state index contributed by atoms with van der Waals surface area (Å²) in [7, 11) is 0. The van der Waals surface area contributed by atoms with Gasteiger partial charge in [0.25, 0.3) is 5.92 Å². The fraction of sp³-hybridized carbons (Fsp3) is 0.667. The Morgan fingerprint density at radius 3 is 2.64 bits per heavy atom. The lowest BCUT2D eigenvalue weighted by Crippen LogP contribution is -2.14. The van der Waals surface area contributed by atoms with Gasteiger partial charge in [-0.15, -0.1) is 0 Å². The largest absolute Gasteiger partial charge is 0.396 e. The van der Waals surface area contributed by atoms with E-state index >= 15 is 0 Å². The molecule has 0 saturated carbocycles. The molecule has 3 nitrogen and oxygen atoms in total. The van der Waals surface area contributed by atoms with Crippen LogP contribution in [0.1, 0.15) is 31.9 Å². The van der Waals surface area contributed by atoms with Crippen molar-refractivity contribution in [3.63, 3.8) is 0 Å². The number of alkyl halides is 2. The van der Waals surface area contributed by atoms with E-state index in [1.807, 2.05) is 13.8 Å². The molecule has 0 saturated heterocycles. The summed E-state index contributed by atoms with van der Waals surface area (Å²) in [5.74, 6) is -2.98. The first-order chi connectivity index (χ1) is 6.47. The van der Waals surface area contributed by atoms with E-state index in [1.165, 1.54) is 10.9 Å². The highest BCUT2D eigenvalue weighted by atomic mass is 19.3. The number of rotatable bonds is 4. The molecule has 0 aliphatic heterocycles. The molecule has 0 aliphatic carbocycles. The molecule has 0 spiro atoms. The maximum absolute atomic E-state index is 13.2. The van der Waals surface area contributed by atoms with Crippen LogP contribution in [0.3, 0.4) is 0 Å². The molecule has 0 fully saturated rings. The second kappa shape index (κ2) is 4.04. The minimum Gasteiger partial charge on any atom is -0.396 e. The second-order valence-corrected chi connectivity index (χ2v) is 3.48. The van der Waals surface area contributed by atoms with Crippen LogP contribution >= 0.6 is 0 Å². The molecule has 1 aromatic heterocycles. The van der Waals surface area contributed by atoms with Gasteiger partial charge in [-0.1, -0.05) is 0 Å². The maximum Gasteiger partial charge on any atom is 0.278 e. The van der Waals surface area contributed by atoms with Crippen molar-refractivity contribution in [1.29, 1.82) is 0 Å². The van der Waals surface area contributed by atoms with E-state index in [1.54, 1.807) is 0 Å². The van der Waals surface area contributed by atoms with E-state index < -0.39 is 19.0 Å². The molecule has 80 valence electrons. The van der Waals surface area contributed by atoms with Crippen molar-refractivity contribution in [2.45, 2.75) is 32.2 Å². The Kier molecular flexibility index (Phi) is 3.21. The number of aromatic nitrogens is 2. The third-order valence-electron chi connectivity index (χ3n) is 1.98. The first-order valence-electron chi connectivity index (χ1n) is 4.50. The predicted molar refractivity (Wildman–Crippen MR) is 48.2 cm³/mol. The number of nitrogens with zero attached hydrogens (tertiary/aromatic N) is 2. The van der Waals surface area contributed by atoms with Crippen LogP contribution in [0, 0.1) is 0 Å². The number of aliphatic hydroxyl groups is 1. The Bertz CT molecular complexity index is 297. The van der Waals surface area contributed by atoms with Gasteiger partial charge in [0, 0.05) is 25.3 Å². The van der Waals surface area contributed by atoms with Gasteiger partial charge in [0.1, 0.15) is 0 Å². The van der Waals surface area contributed by atoms with E-state index in [-0.39, 0.29) is 11.6 Å². The highest BCUT2D eigenvalue weighted by Crippen LogP contribution is 2.31. The Morgan fingerprint density at radius 2 is 2.21 bits per heavy atom. The predicted octanol–water partition coefficient (Wildman–Crippen LogP) is 1.94. The molecule has 1 aromatic rings. The summed E-state index contributed by atoms with van der Waals surface area (Å²) in [4.78, 5) is 0. The Balaban J connectivity index is 2.85. The fourth-order valence-corrected chi connectivity index (χ4v) is 1.09. The normalized spacial score (nSPS) is 12.4. The molecule has 0 unspecified atom stereocenters. The summed E-state index contributed by atoms with van der Waals surface area (Å²) >= 11 is 0. The van der Waals surface area contributed by atoms with Gasteiger partial charge in [0.2, 0.25) is 0 Å². The Labute approximate surface area is 81.4 Å². The van der Waals surface area contributed by atoms with Crippen molar-refractivity contribution in [2.75, 3.05) is 6.61 Å². The average Bonchev–Trinajstić information content (AvgIpc) is 2.51. The highest BCUT2D eigenvalue weighted by molar-refractivity contribution is 5.11. The zero-order valence-corrected chi connectivity index (χ0v) is 8.24. The molecule has 14 heavy (non-hydrogen) atoms. The number of hydrogen-bond acceptors (Lipinski definition) is 2. The summed E-state index contributed by atoms with van der Waals surface area (Å²) in [6, 6.07) is 0.0636. The molecule has 0 atom stereocenters. The summed E-state index contributed by atoms with van der Waals surface area (Å²) in [5.41, 5.74) is -0.139. The molecule has 5 heteroatoms. The smallest absolute Gasteiger partial charge is 0.278 e. The number of hydrogen-bond donors (Lipinski definition) is 1.